The van der Waals surface area contributed by atoms with E-state index in [2.05, 4.69) is 10.00 Å². The van der Waals surface area contributed by atoms with E-state index in [1.807, 2.05) is 16.9 Å². The van der Waals surface area contributed by atoms with E-state index < -0.39 is 9.84 Å². The lowest BCUT2D eigenvalue weighted by Crippen LogP contribution is -2.36. The Bertz CT molecular complexity index is 518. The summed E-state index contributed by atoms with van der Waals surface area (Å²) in [5.74, 6) is 1.12. The van der Waals surface area contributed by atoms with Crippen LogP contribution in [0.25, 0.3) is 0 Å². The molecule has 1 saturated heterocycles. The van der Waals surface area contributed by atoms with Crippen molar-refractivity contribution < 1.29 is 8.42 Å². The number of hydrogen-bond donors (Lipinski definition) is 1. The Morgan fingerprint density at radius 2 is 2.10 bits per heavy atom. The van der Waals surface area contributed by atoms with Crippen LogP contribution in [0.15, 0.2) is 12.3 Å². The number of piperidine rings is 1. The average molecular weight is 300 g/mol. The van der Waals surface area contributed by atoms with Crippen molar-refractivity contribution in [2.45, 2.75) is 32.2 Å². The van der Waals surface area contributed by atoms with Crippen LogP contribution >= 0.6 is 0 Å². The summed E-state index contributed by atoms with van der Waals surface area (Å²) in [5.41, 5.74) is 5.63. The molecule has 2 rings (SSSR count). The van der Waals surface area contributed by atoms with Crippen molar-refractivity contribution in [1.82, 2.24) is 14.7 Å². The minimum atomic E-state index is -2.83. The monoisotopic (exact) mass is 300 g/mol. The van der Waals surface area contributed by atoms with Crippen molar-refractivity contribution in [3.8, 4) is 0 Å². The van der Waals surface area contributed by atoms with Crippen LogP contribution in [0.2, 0.25) is 0 Å². The van der Waals surface area contributed by atoms with Gasteiger partial charge >= 0.3 is 0 Å². The van der Waals surface area contributed by atoms with E-state index >= 15 is 0 Å². The fourth-order valence-corrected chi connectivity index (χ4v) is 3.47. The first kappa shape index (κ1) is 15.3. The predicted molar refractivity (Wildman–Crippen MR) is 80.3 cm³/mol. The molecule has 0 atom stereocenters. The van der Waals surface area contributed by atoms with Crippen LogP contribution in [0.4, 0.5) is 5.82 Å². The molecule has 1 aromatic rings. The molecule has 1 aliphatic heterocycles. The van der Waals surface area contributed by atoms with Crippen molar-refractivity contribution in [2.24, 2.45) is 0 Å². The first-order chi connectivity index (χ1) is 9.50. The average Bonchev–Trinajstić information content (AvgIpc) is 2.86. The van der Waals surface area contributed by atoms with Gasteiger partial charge in [0.1, 0.15) is 15.7 Å². The predicted octanol–water partition coefficient (Wildman–Crippen LogP) is 0.927. The maximum Gasteiger partial charge on any atom is 0.150 e. The molecule has 7 heteroatoms. The van der Waals surface area contributed by atoms with Gasteiger partial charge in [0.25, 0.3) is 0 Å². The third-order valence-electron chi connectivity index (χ3n) is 3.93. The van der Waals surface area contributed by atoms with E-state index in [1.54, 1.807) is 6.92 Å². The maximum atomic E-state index is 11.4. The van der Waals surface area contributed by atoms with Gasteiger partial charge in [-0.05, 0) is 31.9 Å². The zero-order chi connectivity index (χ0) is 14.6. The molecule has 0 bridgehead atoms. The molecule has 0 saturated carbocycles. The SMILES string of the molecule is CCS(=O)(=O)CCCN1CCC(n2ccc(N)n2)CC1. The third kappa shape index (κ3) is 4.21. The Morgan fingerprint density at radius 3 is 2.65 bits per heavy atom. The highest BCUT2D eigenvalue weighted by atomic mass is 32.2. The highest BCUT2D eigenvalue weighted by Crippen LogP contribution is 2.22. The molecular formula is C13H24N4O2S. The Hall–Kier alpha value is -1.08. The number of nitrogens with two attached hydrogens (primary N) is 1. The van der Waals surface area contributed by atoms with Crippen LogP contribution in [0.5, 0.6) is 0 Å². The molecule has 1 aliphatic rings. The second kappa shape index (κ2) is 6.58. The highest BCUT2D eigenvalue weighted by Gasteiger charge is 2.21. The van der Waals surface area contributed by atoms with Gasteiger partial charge in [-0.25, -0.2) is 8.42 Å². The number of nitrogens with zero attached hydrogens (tertiary/aromatic N) is 3. The number of rotatable bonds is 6. The van der Waals surface area contributed by atoms with E-state index in [1.165, 1.54) is 0 Å². The minimum Gasteiger partial charge on any atom is -0.382 e. The van der Waals surface area contributed by atoms with E-state index in [0.717, 1.165) is 38.9 Å². The van der Waals surface area contributed by atoms with Crippen molar-refractivity contribution in [1.29, 1.82) is 0 Å². The topological polar surface area (TPSA) is 81.2 Å². The van der Waals surface area contributed by atoms with Crippen molar-refractivity contribution in [2.75, 3.05) is 36.9 Å². The molecule has 0 aliphatic carbocycles. The summed E-state index contributed by atoms with van der Waals surface area (Å²) in [6, 6.07) is 2.24. The molecule has 20 heavy (non-hydrogen) atoms. The summed E-state index contributed by atoms with van der Waals surface area (Å²) in [6.45, 7) is 4.57. The zero-order valence-electron chi connectivity index (χ0n) is 12.0. The first-order valence-corrected chi connectivity index (χ1v) is 9.06. The Labute approximate surface area is 120 Å². The standard InChI is InChI=1S/C13H24N4O2S/c1-2-20(18,19)11-3-7-16-8-4-12(5-9-16)17-10-6-13(14)15-17/h6,10,12H,2-5,7-9,11H2,1H3,(H2,14,15). The van der Waals surface area contributed by atoms with Crippen LogP contribution in [0, 0.1) is 0 Å². The van der Waals surface area contributed by atoms with Crippen LogP contribution in [0.1, 0.15) is 32.2 Å². The van der Waals surface area contributed by atoms with Crippen LogP contribution in [-0.4, -0.2) is 54.2 Å². The van der Waals surface area contributed by atoms with E-state index in [-0.39, 0.29) is 5.75 Å². The fourth-order valence-electron chi connectivity index (χ4n) is 2.62. The summed E-state index contributed by atoms with van der Waals surface area (Å²) in [4.78, 5) is 2.34. The molecule has 0 spiro atoms. The van der Waals surface area contributed by atoms with Crippen molar-refractivity contribution in [3.05, 3.63) is 12.3 Å². The van der Waals surface area contributed by atoms with Gasteiger partial charge < -0.3 is 10.6 Å². The van der Waals surface area contributed by atoms with Crippen LogP contribution in [0.3, 0.4) is 0 Å². The third-order valence-corrected chi connectivity index (χ3v) is 5.72. The van der Waals surface area contributed by atoms with Gasteiger partial charge in [-0.2, -0.15) is 5.10 Å². The molecule has 6 nitrogen and oxygen atoms in total. The molecule has 1 aromatic heterocycles. The number of nitrogen functional groups attached to an aromatic ring is 1. The molecule has 2 N–H and O–H groups in total. The van der Waals surface area contributed by atoms with Gasteiger partial charge in [-0.1, -0.05) is 6.92 Å². The Morgan fingerprint density at radius 1 is 1.40 bits per heavy atom. The summed E-state index contributed by atoms with van der Waals surface area (Å²) in [7, 11) is -2.83. The van der Waals surface area contributed by atoms with E-state index in [0.29, 0.717) is 17.6 Å². The lowest BCUT2D eigenvalue weighted by Gasteiger charge is -2.31. The highest BCUT2D eigenvalue weighted by molar-refractivity contribution is 7.91. The first-order valence-electron chi connectivity index (χ1n) is 7.23. The molecular weight excluding hydrogens is 276 g/mol. The Kier molecular flexibility index (Phi) is 5.04. The van der Waals surface area contributed by atoms with Gasteiger partial charge in [-0.3, -0.25) is 4.68 Å². The maximum absolute atomic E-state index is 11.4. The summed E-state index contributed by atoms with van der Waals surface area (Å²) < 4.78 is 24.8. The normalized spacial score (nSPS) is 18.4. The van der Waals surface area contributed by atoms with Crippen LogP contribution in [-0.2, 0) is 9.84 Å². The number of likely N-dealkylation sites (tertiary alicyclic amines) is 1. The molecule has 0 radical (unpaired) electrons. The lowest BCUT2D eigenvalue weighted by atomic mass is 10.1. The van der Waals surface area contributed by atoms with Gasteiger partial charge in [0.05, 0.1) is 11.8 Å². The van der Waals surface area contributed by atoms with Crippen molar-refractivity contribution >= 4 is 15.7 Å². The van der Waals surface area contributed by atoms with Crippen LogP contribution < -0.4 is 5.73 Å². The van der Waals surface area contributed by atoms with Gasteiger partial charge in [0, 0.05) is 25.0 Å². The number of anilines is 1. The van der Waals surface area contributed by atoms with Gasteiger partial charge in [-0.15, -0.1) is 0 Å². The second-order valence-electron chi connectivity index (χ2n) is 5.38. The molecule has 114 valence electrons. The molecule has 2 heterocycles. The zero-order valence-corrected chi connectivity index (χ0v) is 12.8. The summed E-state index contributed by atoms with van der Waals surface area (Å²) >= 11 is 0. The van der Waals surface area contributed by atoms with Crippen molar-refractivity contribution in [3.63, 3.8) is 0 Å². The fraction of sp³-hybridized carbons (Fsp3) is 0.769. The largest absolute Gasteiger partial charge is 0.382 e. The molecule has 1 fully saturated rings. The van der Waals surface area contributed by atoms with E-state index in [4.69, 9.17) is 5.73 Å². The summed E-state index contributed by atoms with van der Waals surface area (Å²) in [5, 5.41) is 4.26. The molecule has 0 unspecified atom stereocenters. The number of sulfone groups is 1. The quantitative estimate of drug-likeness (QED) is 0.845. The number of hydrogen-bond acceptors (Lipinski definition) is 5. The van der Waals surface area contributed by atoms with Gasteiger partial charge in [0.2, 0.25) is 0 Å². The van der Waals surface area contributed by atoms with Gasteiger partial charge in [0.15, 0.2) is 0 Å². The number of aromatic nitrogens is 2. The second-order valence-corrected chi connectivity index (χ2v) is 7.86. The van der Waals surface area contributed by atoms with E-state index in [9.17, 15) is 8.42 Å². The molecule has 0 amide bonds. The Balaban J connectivity index is 1.72. The summed E-state index contributed by atoms with van der Waals surface area (Å²) in [6.07, 6.45) is 4.75. The molecule has 0 aromatic carbocycles. The lowest BCUT2D eigenvalue weighted by molar-refractivity contribution is 0.180. The smallest absolute Gasteiger partial charge is 0.150 e. The minimum absolute atomic E-state index is 0.246.